The van der Waals surface area contributed by atoms with Crippen LogP contribution in [0.4, 0.5) is 0 Å². The van der Waals surface area contributed by atoms with Crippen LogP contribution >= 0.6 is 56.9 Å². The number of hydrogen-bond donors (Lipinski definition) is 0. The largest absolute Gasteiger partial charge is 0.484 e. The van der Waals surface area contributed by atoms with Gasteiger partial charge in [0.1, 0.15) is 0 Å². The van der Waals surface area contributed by atoms with E-state index in [1.165, 1.54) is 126 Å². The van der Waals surface area contributed by atoms with E-state index in [2.05, 4.69) is 49.4 Å². The highest BCUT2D eigenvalue weighted by atomic mass is 35.5. The molecule has 0 fully saturated rings. The SMILES string of the molecule is CCCCCCCCCCCCCCCCCCOc1ccc(-c2ccc(-c3ccc(-c4ccc(Cl)s4)s3)s2)s1. The average Bonchev–Trinajstić information content (AvgIpc) is 3.77. The van der Waals surface area contributed by atoms with Crippen LogP contribution in [0.15, 0.2) is 48.5 Å². The van der Waals surface area contributed by atoms with Crippen LogP contribution in [-0.2, 0) is 0 Å². The number of unbranched alkanes of at least 4 members (excludes halogenated alkanes) is 15. The molecule has 218 valence electrons. The second-order valence-electron chi connectivity index (χ2n) is 10.7. The highest BCUT2D eigenvalue weighted by Crippen LogP contribution is 2.44. The van der Waals surface area contributed by atoms with E-state index in [1.807, 2.05) is 28.7 Å². The Kier molecular flexibility index (Phi) is 14.7. The molecular formula is C34H45ClOS4. The fraction of sp³-hybridized carbons (Fsp3) is 0.529. The summed E-state index contributed by atoms with van der Waals surface area (Å²) in [6.45, 7) is 3.13. The van der Waals surface area contributed by atoms with E-state index >= 15 is 0 Å². The smallest absolute Gasteiger partial charge is 0.174 e. The van der Waals surface area contributed by atoms with Crippen molar-refractivity contribution in [2.45, 2.75) is 110 Å². The highest BCUT2D eigenvalue weighted by Gasteiger charge is 2.12. The Morgan fingerprint density at radius 1 is 0.450 bits per heavy atom. The third-order valence-electron chi connectivity index (χ3n) is 7.34. The van der Waals surface area contributed by atoms with Crippen LogP contribution in [-0.4, -0.2) is 6.61 Å². The summed E-state index contributed by atoms with van der Waals surface area (Å²) in [4.78, 5) is 7.75. The maximum Gasteiger partial charge on any atom is 0.174 e. The minimum absolute atomic E-state index is 0.832. The fourth-order valence-corrected chi connectivity index (χ4v) is 9.21. The second-order valence-corrected chi connectivity index (χ2v) is 15.6. The first-order valence-corrected chi connectivity index (χ1v) is 19.1. The quantitative estimate of drug-likeness (QED) is 0.0830. The van der Waals surface area contributed by atoms with Crippen LogP contribution in [0.25, 0.3) is 29.3 Å². The van der Waals surface area contributed by atoms with Gasteiger partial charge in [-0.05, 0) is 55.0 Å². The van der Waals surface area contributed by atoms with Gasteiger partial charge in [-0.1, -0.05) is 126 Å². The van der Waals surface area contributed by atoms with Crippen LogP contribution in [0.3, 0.4) is 0 Å². The van der Waals surface area contributed by atoms with Gasteiger partial charge in [0.25, 0.3) is 0 Å². The number of thiophene rings is 4. The van der Waals surface area contributed by atoms with Crippen molar-refractivity contribution in [3.63, 3.8) is 0 Å². The molecular weight excluding hydrogens is 588 g/mol. The van der Waals surface area contributed by atoms with Crippen molar-refractivity contribution < 1.29 is 4.74 Å². The monoisotopic (exact) mass is 632 g/mol. The van der Waals surface area contributed by atoms with Gasteiger partial charge in [0.15, 0.2) is 5.06 Å². The molecule has 4 aromatic heterocycles. The molecule has 4 heterocycles. The van der Waals surface area contributed by atoms with E-state index in [-0.39, 0.29) is 0 Å². The lowest BCUT2D eigenvalue weighted by atomic mass is 10.0. The summed E-state index contributed by atoms with van der Waals surface area (Å²) >= 11 is 13.2. The molecule has 4 aromatic rings. The summed E-state index contributed by atoms with van der Waals surface area (Å²) in [6, 6.07) is 17.3. The molecule has 0 atom stereocenters. The van der Waals surface area contributed by atoms with Gasteiger partial charge in [0.05, 0.1) is 10.9 Å². The zero-order chi connectivity index (χ0) is 27.8. The Hall–Kier alpha value is -1.11. The molecule has 0 amide bonds. The first kappa shape index (κ1) is 31.8. The van der Waals surface area contributed by atoms with Crippen molar-refractivity contribution in [3.05, 3.63) is 52.9 Å². The van der Waals surface area contributed by atoms with E-state index in [9.17, 15) is 0 Å². The molecule has 1 nitrogen and oxygen atoms in total. The van der Waals surface area contributed by atoms with Crippen molar-refractivity contribution in [1.82, 2.24) is 0 Å². The number of hydrogen-bond acceptors (Lipinski definition) is 5. The lowest BCUT2D eigenvalue weighted by Crippen LogP contribution is -1.95. The van der Waals surface area contributed by atoms with Crippen molar-refractivity contribution in [1.29, 1.82) is 0 Å². The molecule has 4 rings (SSSR count). The lowest BCUT2D eigenvalue weighted by Gasteiger charge is -2.04. The summed E-state index contributed by atoms with van der Waals surface area (Å²) in [5, 5.41) is 1.04. The van der Waals surface area contributed by atoms with E-state index in [0.29, 0.717) is 0 Å². The maximum atomic E-state index is 6.13. The molecule has 0 aliphatic rings. The van der Waals surface area contributed by atoms with Gasteiger partial charge in [-0.25, -0.2) is 0 Å². The first-order chi connectivity index (χ1) is 19.7. The number of rotatable bonds is 21. The molecule has 0 bridgehead atoms. The Balaban J connectivity index is 1.03. The van der Waals surface area contributed by atoms with Crippen molar-refractivity contribution in [3.8, 4) is 34.3 Å². The number of ether oxygens (including phenoxy) is 1. The van der Waals surface area contributed by atoms with Crippen molar-refractivity contribution >= 4 is 56.9 Å². The summed E-state index contributed by atoms with van der Waals surface area (Å²) < 4.78 is 6.93. The summed E-state index contributed by atoms with van der Waals surface area (Å²) in [5.41, 5.74) is 0. The molecule has 0 aliphatic heterocycles. The van der Waals surface area contributed by atoms with E-state index < -0.39 is 0 Å². The average molecular weight is 633 g/mol. The second kappa shape index (κ2) is 18.4. The highest BCUT2D eigenvalue weighted by molar-refractivity contribution is 7.29. The zero-order valence-corrected chi connectivity index (χ0v) is 28.1. The van der Waals surface area contributed by atoms with Crippen molar-refractivity contribution in [2.24, 2.45) is 0 Å². The van der Waals surface area contributed by atoms with Crippen LogP contribution in [0.1, 0.15) is 110 Å². The third-order valence-corrected chi connectivity index (χ3v) is 12.3. The van der Waals surface area contributed by atoms with Gasteiger partial charge in [-0.3, -0.25) is 0 Å². The molecule has 0 N–H and O–H groups in total. The Morgan fingerprint density at radius 3 is 1.27 bits per heavy atom. The summed E-state index contributed by atoms with van der Waals surface area (Å²) in [5.74, 6) is 0. The predicted octanol–water partition coefficient (Wildman–Crippen LogP) is 14.2. The Labute approximate surface area is 263 Å². The fourth-order valence-electron chi connectivity index (χ4n) is 5.01. The molecule has 0 saturated heterocycles. The minimum Gasteiger partial charge on any atom is -0.484 e. The van der Waals surface area contributed by atoms with Gasteiger partial charge in [-0.15, -0.1) is 34.0 Å². The third kappa shape index (κ3) is 10.9. The van der Waals surface area contributed by atoms with Gasteiger partial charge in [0.2, 0.25) is 0 Å². The van der Waals surface area contributed by atoms with Crippen molar-refractivity contribution in [2.75, 3.05) is 6.61 Å². The predicted molar refractivity (Wildman–Crippen MR) is 184 cm³/mol. The van der Waals surface area contributed by atoms with Gasteiger partial charge in [0, 0.05) is 29.3 Å². The maximum absolute atomic E-state index is 6.13. The molecule has 40 heavy (non-hydrogen) atoms. The Morgan fingerprint density at radius 2 is 0.825 bits per heavy atom. The van der Waals surface area contributed by atoms with Gasteiger partial charge in [-0.2, -0.15) is 0 Å². The minimum atomic E-state index is 0.832. The molecule has 0 spiro atoms. The topological polar surface area (TPSA) is 9.23 Å². The van der Waals surface area contributed by atoms with Crippen LogP contribution < -0.4 is 4.74 Å². The van der Waals surface area contributed by atoms with Gasteiger partial charge < -0.3 is 4.74 Å². The summed E-state index contributed by atoms with van der Waals surface area (Å²) in [6.07, 6.45) is 22.4. The lowest BCUT2D eigenvalue weighted by molar-refractivity contribution is 0.312. The molecule has 0 radical (unpaired) electrons. The Bertz CT molecular complexity index is 1220. The normalized spacial score (nSPS) is 11.4. The number of halogens is 1. The molecule has 0 aromatic carbocycles. The van der Waals surface area contributed by atoms with Crippen LogP contribution in [0.5, 0.6) is 5.06 Å². The van der Waals surface area contributed by atoms with E-state index in [1.54, 1.807) is 22.7 Å². The molecule has 0 aliphatic carbocycles. The van der Waals surface area contributed by atoms with E-state index in [4.69, 9.17) is 16.3 Å². The van der Waals surface area contributed by atoms with Crippen LogP contribution in [0.2, 0.25) is 4.34 Å². The van der Waals surface area contributed by atoms with Crippen LogP contribution in [0, 0.1) is 0 Å². The first-order valence-electron chi connectivity index (χ1n) is 15.4. The van der Waals surface area contributed by atoms with E-state index in [0.717, 1.165) is 22.4 Å². The molecule has 6 heteroatoms. The standard InChI is InChI=1S/C34H45ClOS4/c1-2-3-4-5-6-7-8-9-10-11-12-13-14-15-16-17-26-36-34-25-23-32(40-34)30-21-19-28(38-30)27-18-20-29(37-27)31-22-24-33(35)39-31/h18-25H,2-17,26H2,1H3. The molecule has 0 saturated carbocycles. The molecule has 0 unspecified atom stereocenters. The van der Waals surface area contributed by atoms with Gasteiger partial charge >= 0.3 is 0 Å². The summed E-state index contributed by atoms with van der Waals surface area (Å²) in [7, 11) is 0. The zero-order valence-electron chi connectivity index (χ0n) is 24.1.